The first kappa shape index (κ1) is 12.0. The SMILES string of the molecule is CCCc1nc(C)c(C(C)C)c(NC)n1. The lowest BCUT2D eigenvalue weighted by atomic mass is 10.0. The van der Waals surface area contributed by atoms with Crippen LogP contribution in [0.25, 0.3) is 0 Å². The predicted molar refractivity (Wildman–Crippen MR) is 64.4 cm³/mol. The van der Waals surface area contributed by atoms with E-state index in [0.29, 0.717) is 5.92 Å². The summed E-state index contributed by atoms with van der Waals surface area (Å²) >= 11 is 0. The van der Waals surface area contributed by atoms with Gasteiger partial charge in [0.1, 0.15) is 11.6 Å². The molecule has 0 aromatic carbocycles. The van der Waals surface area contributed by atoms with Crippen LogP contribution in [0.2, 0.25) is 0 Å². The van der Waals surface area contributed by atoms with E-state index in [9.17, 15) is 0 Å². The molecule has 0 amide bonds. The summed E-state index contributed by atoms with van der Waals surface area (Å²) in [6, 6.07) is 0. The van der Waals surface area contributed by atoms with Crippen LogP contribution in [0.15, 0.2) is 0 Å². The van der Waals surface area contributed by atoms with Gasteiger partial charge < -0.3 is 5.32 Å². The van der Waals surface area contributed by atoms with Crippen LogP contribution >= 0.6 is 0 Å². The van der Waals surface area contributed by atoms with Crippen molar-refractivity contribution >= 4 is 5.82 Å². The van der Waals surface area contributed by atoms with Crippen LogP contribution in [0.5, 0.6) is 0 Å². The number of nitrogens with one attached hydrogen (secondary N) is 1. The zero-order valence-corrected chi connectivity index (χ0v) is 10.4. The third-order valence-corrected chi connectivity index (χ3v) is 2.47. The summed E-state index contributed by atoms with van der Waals surface area (Å²) in [5.74, 6) is 2.40. The van der Waals surface area contributed by atoms with Gasteiger partial charge in [-0.05, 0) is 19.3 Å². The lowest BCUT2D eigenvalue weighted by Crippen LogP contribution is -2.08. The number of nitrogens with zero attached hydrogens (tertiary/aromatic N) is 2. The van der Waals surface area contributed by atoms with Crippen LogP contribution in [-0.2, 0) is 6.42 Å². The van der Waals surface area contributed by atoms with Crippen molar-refractivity contribution in [3.8, 4) is 0 Å². The van der Waals surface area contributed by atoms with Crippen LogP contribution in [0.4, 0.5) is 5.82 Å². The molecule has 0 saturated heterocycles. The number of rotatable bonds is 4. The van der Waals surface area contributed by atoms with Gasteiger partial charge in [-0.1, -0.05) is 20.8 Å². The Morgan fingerprint density at radius 1 is 1.27 bits per heavy atom. The van der Waals surface area contributed by atoms with Gasteiger partial charge in [0, 0.05) is 24.7 Å². The third kappa shape index (κ3) is 2.67. The molecule has 1 aromatic heterocycles. The molecule has 1 aromatic rings. The van der Waals surface area contributed by atoms with Gasteiger partial charge in [0.05, 0.1) is 0 Å². The summed E-state index contributed by atoms with van der Waals surface area (Å²) in [4.78, 5) is 9.08. The Balaban J connectivity index is 3.18. The Bertz CT molecular complexity index is 332. The second kappa shape index (κ2) is 5.10. The van der Waals surface area contributed by atoms with E-state index in [1.807, 2.05) is 7.05 Å². The minimum absolute atomic E-state index is 0.461. The maximum atomic E-state index is 4.54. The monoisotopic (exact) mass is 207 g/mol. The molecule has 1 heterocycles. The maximum absolute atomic E-state index is 4.54. The van der Waals surface area contributed by atoms with Gasteiger partial charge in [-0.15, -0.1) is 0 Å². The minimum Gasteiger partial charge on any atom is -0.373 e. The highest BCUT2D eigenvalue weighted by Crippen LogP contribution is 2.24. The molecule has 0 atom stereocenters. The highest BCUT2D eigenvalue weighted by molar-refractivity contribution is 5.47. The topological polar surface area (TPSA) is 37.8 Å². The molecule has 0 saturated carbocycles. The molecule has 84 valence electrons. The van der Waals surface area contributed by atoms with E-state index >= 15 is 0 Å². The molecule has 0 aliphatic heterocycles. The summed E-state index contributed by atoms with van der Waals surface area (Å²) < 4.78 is 0. The van der Waals surface area contributed by atoms with Crippen molar-refractivity contribution in [2.75, 3.05) is 12.4 Å². The summed E-state index contributed by atoms with van der Waals surface area (Å²) in [5, 5.41) is 3.17. The fourth-order valence-electron chi connectivity index (χ4n) is 1.86. The smallest absolute Gasteiger partial charge is 0.133 e. The normalized spacial score (nSPS) is 10.8. The highest BCUT2D eigenvalue weighted by Gasteiger charge is 2.13. The zero-order valence-electron chi connectivity index (χ0n) is 10.4. The van der Waals surface area contributed by atoms with E-state index in [1.165, 1.54) is 5.56 Å². The molecule has 0 aliphatic rings. The average molecular weight is 207 g/mol. The molecular formula is C12H21N3. The van der Waals surface area contributed by atoms with E-state index in [2.05, 4.69) is 43.0 Å². The van der Waals surface area contributed by atoms with Gasteiger partial charge in [0.25, 0.3) is 0 Å². The molecule has 1 rings (SSSR count). The summed E-state index contributed by atoms with van der Waals surface area (Å²) in [6.45, 7) is 8.56. The standard InChI is InChI=1S/C12H21N3/c1-6-7-10-14-9(4)11(8(2)3)12(13-5)15-10/h8H,6-7H2,1-5H3,(H,13,14,15). The first-order valence-electron chi connectivity index (χ1n) is 5.65. The van der Waals surface area contributed by atoms with E-state index in [-0.39, 0.29) is 0 Å². The van der Waals surface area contributed by atoms with Gasteiger partial charge in [-0.2, -0.15) is 0 Å². The summed E-state index contributed by atoms with van der Waals surface area (Å²) in [7, 11) is 1.92. The van der Waals surface area contributed by atoms with Crippen molar-refractivity contribution in [1.82, 2.24) is 9.97 Å². The summed E-state index contributed by atoms with van der Waals surface area (Å²) in [5.41, 5.74) is 2.34. The fraction of sp³-hybridized carbons (Fsp3) is 0.667. The first-order chi connectivity index (χ1) is 7.10. The molecule has 15 heavy (non-hydrogen) atoms. The number of aromatic nitrogens is 2. The van der Waals surface area contributed by atoms with E-state index in [4.69, 9.17) is 0 Å². The van der Waals surface area contributed by atoms with Gasteiger partial charge in [-0.25, -0.2) is 9.97 Å². The molecule has 3 heteroatoms. The molecule has 0 unspecified atom stereocenters. The maximum Gasteiger partial charge on any atom is 0.133 e. The van der Waals surface area contributed by atoms with Crippen LogP contribution in [0.3, 0.4) is 0 Å². The molecular weight excluding hydrogens is 186 g/mol. The number of aryl methyl sites for hydroxylation is 2. The van der Waals surface area contributed by atoms with Crippen LogP contribution in [0, 0.1) is 6.92 Å². The molecule has 3 nitrogen and oxygen atoms in total. The fourth-order valence-corrected chi connectivity index (χ4v) is 1.86. The van der Waals surface area contributed by atoms with E-state index in [0.717, 1.165) is 30.2 Å². The van der Waals surface area contributed by atoms with Crippen molar-refractivity contribution in [1.29, 1.82) is 0 Å². The Labute approximate surface area is 92.3 Å². The average Bonchev–Trinajstić information content (AvgIpc) is 2.16. The Kier molecular flexibility index (Phi) is 4.06. The second-order valence-corrected chi connectivity index (χ2v) is 4.14. The van der Waals surface area contributed by atoms with Crippen molar-refractivity contribution in [2.24, 2.45) is 0 Å². The molecule has 0 radical (unpaired) electrons. The number of hydrogen-bond acceptors (Lipinski definition) is 3. The summed E-state index contributed by atoms with van der Waals surface area (Å²) in [6.07, 6.45) is 2.04. The Hall–Kier alpha value is -1.12. The number of anilines is 1. The Morgan fingerprint density at radius 2 is 1.93 bits per heavy atom. The highest BCUT2D eigenvalue weighted by atomic mass is 15.0. The van der Waals surface area contributed by atoms with Crippen molar-refractivity contribution in [3.63, 3.8) is 0 Å². The first-order valence-corrected chi connectivity index (χ1v) is 5.65. The zero-order chi connectivity index (χ0) is 11.4. The van der Waals surface area contributed by atoms with Crippen molar-refractivity contribution in [3.05, 3.63) is 17.1 Å². The molecule has 0 bridgehead atoms. The molecule has 1 N–H and O–H groups in total. The van der Waals surface area contributed by atoms with E-state index < -0.39 is 0 Å². The molecule has 0 spiro atoms. The van der Waals surface area contributed by atoms with Crippen LogP contribution < -0.4 is 5.32 Å². The van der Waals surface area contributed by atoms with Crippen LogP contribution in [-0.4, -0.2) is 17.0 Å². The van der Waals surface area contributed by atoms with Gasteiger partial charge >= 0.3 is 0 Å². The quantitative estimate of drug-likeness (QED) is 0.825. The lowest BCUT2D eigenvalue weighted by Gasteiger charge is -2.15. The largest absolute Gasteiger partial charge is 0.373 e. The Morgan fingerprint density at radius 3 is 2.40 bits per heavy atom. The lowest BCUT2D eigenvalue weighted by molar-refractivity contribution is 0.783. The molecule has 0 fully saturated rings. The van der Waals surface area contributed by atoms with Gasteiger partial charge in [-0.3, -0.25) is 0 Å². The molecule has 0 aliphatic carbocycles. The van der Waals surface area contributed by atoms with Crippen molar-refractivity contribution in [2.45, 2.75) is 46.5 Å². The minimum atomic E-state index is 0.461. The van der Waals surface area contributed by atoms with Gasteiger partial charge in [0.2, 0.25) is 0 Å². The third-order valence-electron chi connectivity index (χ3n) is 2.47. The van der Waals surface area contributed by atoms with Crippen molar-refractivity contribution < 1.29 is 0 Å². The van der Waals surface area contributed by atoms with E-state index in [1.54, 1.807) is 0 Å². The second-order valence-electron chi connectivity index (χ2n) is 4.14. The van der Waals surface area contributed by atoms with Gasteiger partial charge in [0.15, 0.2) is 0 Å². The number of hydrogen-bond donors (Lipinski definition) is 1. The predicted octanol–water partition coefficient (Wildman–Crippen LogP) is 2.90. The van der Waals surface area contributed by atoms with Crippen LogP contribution in [0.1, 0.15) is 50.2 Å².